The first-order chi connectivity index (χ1) is 15.4. The van der Waals surface area contributed by atoms with Gasteiger partial charge in [-0.3, -0.25) is 14.5 Å². The number of morpholine rings is 1. The van der Waals surface area contributed by atoms with Gasteiger partial charge in [0.05, 0.1) is 23.8 Å². The SMILES string of the molecule is O=C1Nc2cc(S(=O)(=O)NCCN3CCOCC3)ccc2SC1C(=O)N1CCCCCC1. The molecule has 0 saturated carbocycles. The van der Waals surface area contributed by atoms with Gasteiger partial charge in [0.2, 0.25) is 21.8 Å². The molecule has 2 amide bonds. The minimum Gasteiger partial charge on any atom is -0.379 e. The lowest BCUT2D eigenvalue weighted by Gasteiger charge is -2.29. The summed E-state index contributed by atoms with van der Waals surface area (Å²) in [6, 6.07) is 4.65. The third kappa shape index (κ3) is 5.63. The van der Waals surface area contributed by atoms with E-state index in [1.54, 1.807) is 11.0 Å². The van der Waals surface area contributed by atoms with Crippen molar-refractivity contribution >= 4 is 39.3 Å². The van der Waals surface area contributed by atoms with Crippen molar-refractivity contribution in [2.24, 2.45) is 0 Å². The van der Waals surface area contributed by atoms with E-state index in [0.717, 1.165) is 38.8 Å². The highest BCUT2D eigenvalue weighted by Gasteiger charge is 2.36. The van der Waals surface area contributed by atoms with Crippen LogP contribution in [0.15, 0.2) is 28.0 Å². The number of thioether (sulfide) groups is 1. The van der Waals surface area contributed by atoms with Crippen molar-refractivity contribution in [2.45, 2.75) is 40.7 Å². The minimum absolute atomic E-state index is 0.0939. The van der Waals surface area contributed by atoms with Gasteiger partial charge in [-0.05, 0) is 31.0 Å². The fourth-order valence-corrected chi connectivity index (χ4v) is 6.22. The zero-order valence-electron chi connectivity index (χ0n) is 18.0. The molecule has 32 heavy (non-hydrogen) atoms. The lowest BCUT2D eigenvalue weighted by atomic mass is 10.2. The Hall–Kier alpha value is -1.66. The first-order valence-corrected chi connectivity index (χ1v) is 13.5. The summed E-state index contributed by atoms with van der Waals surface area (Å²) in [4.78, 5) is 30.3. The maximum atomic E-state index is 12.9. The Morgan fingerprint density at radius 2 is 1.84 bits per heavy atom. The first kappa shape index (κ1) is 23.5. The average Bonchev–Trinajstić information content (AvgIpc) is 3.08. The van der Waals surface area contributed by atoms with Crippen LogP contribution in [-0.4, -0.2) is 87.8 Å². The molecule has 11 heteroatoms. The number of nitrogens with zero attached hydrogens (tertiary/aromatic N) is 2. The molecular weight excluding hydrogens is 452 g/mol. The van der Waals surface area contributed by atoms with E-state index in [1.165, 1.54) is 23.9 Å². The molecule has 0 aromatic heterocycles. The predicted molar refractivity (Wildman–Crippen MR) is 122 cm³/mol. The second kappa shape index (κ2) is 10.5. The van der Waals surface area contributed by atoms with Gasteiger partial charge in [-0.2, -0.15) is 0 Å². The smallest absolute Gasteiger partial charge is 0.247 e. The van der Waals surface area contributed by atoms with Crippen LogP contribution in [0.2, 0.25) is 0 Å². The van der Waals surface area contributed by atoms with Crippen LogP contribution in [0.25, 0.3) is 0 Å². The van der Waals surface area contributed by atoms with Crippen LogP contribution in [0.3, 0.4) is 0 Å². The molecule has 0 aliphatic carbocycles. The van der Waals surface area contributed by atoms with E-state index in [9.17, 15) is 18.0 Å². The number of amides is 2. The van der Waals surface area contributed by atoms with Crippen LogP contribution in [-0.2, 0) is 24.3 Å². The Labute approximate surface area is 193 Å². The van der Waals surface area contributed by atoms with Crippen molar-refractivity contribution in [3.8, 4) is 0 Å². The molecule has 176 valence electrons. The van der Waals surface area contributed by atoms with Crippen LogP contribution in [0.4, 0.5) is 5.69 Å². The van der Waals surface area contributed by atoms with Gasteiger partial charge in [-0.15, -0.1) is 11.8 Å². The fourth-order valence-electron chi connectivity index (χ4n) is 4.12. The number of carbonyl (C=O) groups excluding carboxylic acids is 2. The van der Waals surface area contributed by atoms with Gasteiger partial charge in [-0.25, -0.2) is 13.1 Å². The summed E-state index contributed by atoms with van der Waals surface area (Å²) in [6.45, 7) is 5.19. The normalized spacial score (nSPS) is 22.7. The molecule has 2 fully saturated rings. The summed E-state index contributed by atoms with van der Waals surface area (Å²) in [6.07, 6.45) is 4.13. The number of hydrogen-bond acceptors (Lipinski definition) is 7. The molecule has 3 aliphatic rings. The van der Waals surface area contributed by atoms with Crippen molar-refractivity contribution < 1.29 is 22.7 Å². The lowest BCUT2D eigenvalue weighted by Crippen LogP contribution is -2.45. The number of ether oxygens (including phenoxy) is 1. The number of benzene rings is 1. The van der Waals surface area contributed by atoms with Crippen molar-refractivity contribution in [2.75, 3.05) is 57.8 Å². The molecule has 9 nitrogen and oxygen atoms in total. The number of rotatable bonds is 6. The molecular formula is C21H30N4O5S2. The standard InChI is InChI=1S/C21H30N4O5S2/c26-20-19(21(27)25-8-3-1-2-4-9-25)31-18-6-5-16(15-17(18)23-20)32(28,29)22-7-10-24-11-13-30-14-12-24/h5-6,15,19,22H,1-4,7-14H2,(H,23,26). The molecule has 0 bridgehead atoms. The maximum Gasteiger partial charge on any atom is 0.247 e. The van der Waals surface area contributed by atoms with Crippen LogP contribution in [0.1, 0.15) is 25.7 Å². The van der Waals surface area contributed by atoms with Gasteiger partial charge >= 0.3 is 0 Å². The molecule has 0 spiro atoms. The van der Waals surface area contributed by atoms with E-state index in [0.29, 0.717) is 50.0 Å². The van der Waals surface area contributed by atoms with Gasteiger partial charge in [0.25, 0.3) is 0 Å². The zero-order chi connectivity index (χ0) is 22.6. The van der Waals surface area contributed by atoms with Crippen LogP contribution in [0, 0.1) is 0 Å². The number of fused-ring (bicyclic) bond motifs is 1. The Balaban J connectivity index is 1.39. The highest BCUT2D eigenvalue weighted by Crippen LogP contribution is 2.38. The molecule has 2 N–H and O–H groups in total. The van der Waals surface area contributed by atoms with Gasteiger partial charge in [0.15, 0.2) is 5.25 Å². The Kier molecular flexibility index (Phi) is 7.72. The summed E-state index contributed by atoms with van der Waals surface area (Å²) < 4.78 is 33.4. The molecule has 1 unspecified atom stereocenters. The molecule has 3 aliphatic heterocycles. The van der Waals surface area contributed by atoms with Gasteiger partial charge in [0.1, 0.15) is 0 Å². The molecule has 1 atom stereocenters. The number of anilines is 1. The fraction of sp³-hybridized carbons (Fsp3) is 0.619. The number of nitrogens with one attached hydrogen (secondary N) is 2. The number of hydrogen-bond donors (Lipinski definition) is 2. The predicted octanol–water partition coefficient (Wildman–Crippen LogP) is 1.11. The maximum absolute atomic E-state index is 12.9. The quantitative estimate of drug-likeness (QED) is 0.585. The first-order valence-electron chi connectivity index (χ1n) is 11.1. The average molecular weight is 483 g/mol. The van der Waals surface area contributed by atoms with E-state index in [4.69, 9.17) is 4.74 Å². The Morgan fingerprint density at radius 1 is 1.12 bits per heavy atom. The van der Waals surface area contributed by atoms with E-state index in [1.807, 2.05) is 0 Å². The van der Waals surface area contributed by atoms with Gasteiger partial charge in [-0.1, -0.05) is 12.8 Å². The van der Waals surface area contributed by atoms with Crippen molar-refractivity contribution in [3.05, 3.63) is 18.2 Å². The van der Waals surface area contributed by atoms with Crippen molar-refractivity contribution in [1.29, 1.82) is 0 Å². The number of carbonyl (C=O) groups is 2. The summed E-state index contributed by atoms with van der Waals surface area (Å²) in [7, 11) is -3.71. The third-order valence-electron chi connectivity index (χ3n) is 5.97. The third-order valence-corrected chi connectivity index (χ3v) is 8.69. The van der Waals surface area contributed by atoms with E-state index in [2.05, 4.69) is 14.9 Å². The summed E-state index contributed by atoms with van der Waals surface area (Å²) in [5.41, 5.74) is 0.427. The molecule has 1 aromatic carbocycles. The van der Waals surface area contributed by atoms with E-state index in [-0.39, 0.29) is 10.8 Å². The topological polar surface area (TPSA) is 108 Å². The Morgan fingerprint density at radius 3 is 2.56 bits per heavy atom. The largest absolute Gasteiger partial charge is 0.379 e. The summed E-state index contributed by atoms with van der Waals surface area (Å²) in [5.74, 6) is -0.562. The molecule has 0 radical (unpaired) electrons. The second-order valence-corrected chi connectivity index (χ2v) is 11.2. The van der Waals surface area contributed by atoms with Crippen LogP contribution in [0.5, 0.6) is 0 Å². The Bertz CT molecular complexity index is 942. The van der Waals surface area contributed by atoms with Gasteiger partial charge < -0.3 is 15.0 Å². The second-order valence-electron chi connectivity index (χ2n) is 8.24. The minimum atomic E-state index is -3.71. The van der Waals surface area contributed by atoms with Crippen molar-refractivity contribution in [1.82, 2.24) is 14.5 Å². The molecule has 3 heterocycles. The highest BCUT2D eigenvalue weighted by atomic mass is 32.2. The number of sulfonamides is 1. The molecule has 2 saturated heterocycles. The molecule has 4 rings (SSSR count). The number of likely N-dealkylation sites (tertiary alicyclic amines) is 1. The molecule has 1 aromatic rings. The highest BCUT2D eigenvalue weighted by molar-refractivity contribution is 8.01. The lowest BCUT2D eigenvalue weighted by molar-refractivity contribution is -0.133. The zero-order valence-corrected chi connectivity index (χ0v) is 19.7. The monoisotopic (exact) mass is 482 g/mol. The summed E-state index contributed by atoms with van der Waals surface area (Å²) in [5, 5.41) is 1.91. The van der Waals surface area contributed by atoms with Crippen LogP contribution < -0.4 is 10.0 Å². The van der Waals surface area contributed by atoms with Gasteiger partial charge in [0, 0.05) is 44.2 Å². The van der Waals surface area contributed by atoms with E-state index < -0.39 is 21.2 Å². The van der Waals surface area contributed by atoms with Crippen LogP contribution >= 0.6 is 11.8 Å². The summed E-state index contributed by atoms with van der Waals surface area (Å²) >= 11 is 1.19. The van der Waals surface area contributed by atoms with E-state index >= 15 is 0 Å². The van der Waals surface area contributed by atoms with Crippen molar-refractivity contribution in [3.63, 3.8) is 0 Å².